The number of ether oxygens (including phenoxy) is 1. The molecule has 26 heavy (non-hydrogen) atoms. The van der Waals surface area contributed by atoms with E-state index in [1.165, 1.54) is 12.1 Å². The molecule has 1 aliphatic heterocycles. The normalized spacial score (nSPS) is 19.3. The zero-order valence-corrected chi connectivity index (χ0v) is 15.0. The molecule has 0 bridgehead atoms. The van der Waals surface area contributed by atoms with Crippen LogP contribution in [0.25, 0.3) is 5.41 Å². The van der Waals surface area contributed by atoms with Crippen LogP contribution in [0, 0.1) is 5.41 Å². The Kier molecular flexibility index (Phi) is 5.46. The van der Waals surface area contributed by atoms with Crippen molar-refractivity contribution in [2.24, 2.45) is 5.41 Å². The molecule has 140 valence electrons. The van der Waals surface area contributed by atoms with Crippen molar-refractivity contribution in [3.63, 3.8) is 0 Å². The molecule has 1 amide bonds. The Morgan fingerprint density at radius 1 is 1.42 bits per heavy atom. The maximum Gasteiger partial charge on any atom is 0.292 e. The lowest BCUT2D eigenvalue weighted by atomic mass is 10.2. The van der Waals surface area contributed by atoms with Crippen LogP contribution in [0.5, 0.6) is 5.75 Å². The minimum atomic E-state index is -0.446. The first kappa shape index (κ1) is 18.3. The fraction of sp³-hybridized carbons (Fsp3) is 0.474. The van der Waals surface area contributed by atoms with Crippen molar-refractivity contribution in [1.29, 1.82) is 0 Å². The van der Waals surface area contributed by atoms with Crippen LogP contribution in [0.15, 0.2) is 35.7 Å². The summed E-state index contributed by atoms with van der Waals surface area (Å²) in [7, 11) is 0. The van der Waals surface area contributed by atoms with Gasteiger partial charge in [0.25, 0.3) is 5.91 Å². The van der Waals surface area contributed by atoms with Crippen molar-refractivity contribution in [1.82, 2.24) is 10.2 Å². The number of hydrogen-bond acceptors (Lipinski definition) is 5. The van der Waals surface area contributed by atoms with E-state index in [0.717, 1.165) is 32.1 Å². The number of phenols is 1. The Labute approximate surface area is 153 Å². The minimum Gasteiger partial charge on any atom is -0.809 e. The van der Waals surface area contributed by atoms with Crippen LogP contribution in [-0.4, -0.2) is 54.9 Å². The zero-order valence-electron chi connectivity index (χ0n) is 15.0. The first-order chi connectivity index (χ1) is 12.5. The second-order valence-electron chi connectivity index (χ2n) is 7.18. The Morgan fingerprint density at radius 3 is 2.77 bits per heavy atom. The third-order valence-electron chi connectivity index (χ3n) is 4.79. The van der Waals surface area contributed by atoms with Crippen molar-refractivity contribution in [2.45, 2.75) is 19.8 Å². The summed E-state index contributed by atoms with van der Waals surface area (Å²) >= 11 is 0. The van der Waals surface area contributed by atoms with Crippen molar-refractivity contribution in [3.05, 3.63) is 41.1 Å². The highest BCUT2D eigenvalue weighted by Gasteiger charge is 2.39. The molecule has 3 rings (SSSR count). The van der Waals surface area contributed by atoms with Gasteiger partial charge in [-0.1, -0.05) is 13.0 Å². The number of phenolic OH excluding ortho intramolecular Hbond substituents is 1. The summed E-state index contributed by atoms with van der Waals surface area (Å²) in [6, 6.07) is 6.33. The molecule has 1 aromatic carbocycles. The number of allylic oxidation sites excluding steroid dienone is 1. The van der Waals surface area contributed by atoms with Crippen molar-refractivity contribution >= 4 is 17.8 Å². The van der Waals surface area contributed by atoms with Gasteiger partial charge in [-0.05, 0) is 25.0 Å². The van der Waals surface area contributed by atoms with Gasteiger partial charge in [0.05, 0.1) is 12.3 Å². The molecule has 2 aliphatic rings. The lowest BCUT2D eigenvalue weighted by Gasteiger charge is -2.32. The third kappa shape index (κ3) is 4.54. The van der Waals surface area contributed by atoms with Crippen LogP contribution in [0.1, 0.15) is 19.8 Å². The SMILES string of the molecule is CC1(CO/C(C(=O)Nc2cccc(O)c2)=C(/C=[N-])N2CCNCC2)CC1. The van der Waals surface area contributed by atoms with E-state index < -0.39 is 5.91 Å². The van der Waals surface area contributed by atoms with Gasteiger partial charge in [0, 0.05) is 43.3 Å². The standard InChI is InChI=1S/C19H25N4O3/c1-19(5-6-19)13-26-17(16(12-20)23-9-7-21-8-10-23)18(25)22-14-3-2-4-15(24)11-14/h2-4,11-12,21,24H,5-10,13H2,1H3,(H,22,25)/q-1/b17-16-. The molecule has 7 nitrogen and oxygen atoms in total. The van der Waals surface area contributed by atoms with Crippen LogP contribution in [0.2, 0.25) is 0 Å². The molecule has 1 heterocycles. The van der Waals surface area contributed by atoms with E-state index in [4.69, 9.17) is 4.74 Å². The lowest BCUT2D eigenvalue weighted by Crippen LogP contribution is -2.44. The molecule has 0 unspecified atom stereocenters. The number of rotatable bonds is 7. The number of anilines is 1. The Bertz CT molecular complexity index is 706. The summed E-state index contributed by atoms with van der Waals surface area (Å²) in [5.41, 5.74) is 0.945. The molecule has 1 aromatic rings. The molecule has 0 radical (unpaired) electrons. The van der Waals surface area contributed by atoms with Crippen LogP contribution >= 0.6 is 0 Å². The summed E-state index contributed by atoms with van der Waals surface area (Å²) in [4.78, 5) is 14.8. The monoisotopic (exact) mass is 357 g/mol. The molecule has 1 saturated carbocycles. The van der Waals surface area contributed by atoms with Crippen LogP contribution < -0.4 is 10.6 Å². The number of nitrogens with one attached hydrogen (secondary N) is 2. The van der Waals surface area contributed by atoms with Gasteiger partial charge in [0.1, 0.15) is 5.75 Å². The molecule has 3 N–H and O–H groups in total. The number of amides is 1. The highest BCUT2D eigenvalue weighted by molar-refractivity contribution is 6.06. The first-order valence-corrected chi connectivity index (χ1v) is 8.91. The van der Waals surface area contributed by atoms with Gasteiger partial charge in [0.2, 0.25) is 5.76 Å². The van der Waals surface area contributed by atoms with E-state index in [1.54, 1.807) is 12.1 Å². The predicted molar refractivity (Wildman–Crippen MR) is 101 cm³/mol. The highest BCUT2D eigenvalue weighted by Crippen LogP contribution is 2.45. The fourth-order valence-electron chi connectivity index (χ4n) is 2.82. The number of carbonyl (C=O) groups excluding carboxylic acids is 1. The maximum absolute atomic E-state index is 12.9. The number of piperazine rings is 1. The van der Waals surface area contributed by atoms with E-state index >= 15 is 0 Å². The number of aromatic hydroxyl groups is 1. The second-order valence-corrected chi connectivity index (χ2v) is 7.18. The van der Waals surface area contributed by atoms with Crippen LogP contribution in [-0.2, 0) is 9.53 Å². The lowest BCUT2D eigenvalue weighted by molar-refractivity contribution is -0.116. The molecule has 2 fully saturated rings. The quantitative estimate of drug-likeness (QED) is 0.393. The Morgan fingerprint density at radius 2 is 2.15 bits per heavy atom. The topological polar surface area (TPSA) is 96.1 Å². The average molecular weight is 357 g/mol. The summed E-state index contributed by atoms with van der Waals surface area (Å²) in [6.07, 6.45) is 3.08. The number of benzene rings is 1. The van der Waals surface area contributed by atoms with Gasteiger partial charge in [-0.2, -0.15) is 6.21 Å². The molecule has 1 saturated heterocycles. The second kappa shape index (κ2) is 7.78. The summed E-state index contributed by atoms with van der Waals surface area (Å²) < 4.78 is 5.89. The third-order valence-corrected chi connectivity index (χ3v) is 4.79. The van der Waals surface area contributed by atoms with E-state index in [0.29, 0.717) is 31.1 Å². The Hall–Kier alpha value is -2.54. The zero-order chi connectivity index (χ0) is 18.6. The largest absolute Gasteiger partial charge is 0.809 e. The number of carbonyl (C=O) groups is 1. The molecule has 7 heteroatoms. The van der Waals surface area contributed by atoms with Gasteiger partial charge in [-0.15, -0.1) is 0 Å². The molecular weight excluding hydrogens is 332 g/mol. The van der Waals surface area contributed by atoms with E-state index in [9.17, 15) is 15.3 Å². The predicted octanol–water partition coefficient (Wildman–Crippen LogP) is 1.90. The van der Waals surface area contributed by atoms with Gasteiger partial charge in [-0.3, -0.25) is 4.79 Å². The summed E-state index contributed by atoms with van der Waals surface area (Å²) in [5.74, 6) is -0.277. The smallest absolute Gasteiger partial charge is 0.292 e. The molecule has 0 atom stereocenters. The minimum absolute atomic E-state index is 0.0655. The molecule has 1 aliphatic carbocycles. The summed E-state index contributed by atoms with van der Waals surface area (Å²) in [6.45, 7) is 5.45. The van der Waals surface area contributed by atoms with E-state index in [-0.39, 0.29) is 16.9 Å². The van der Waals surface area contributed by atoms with E-state index in [2.05, 4.69) is 17.6 Å². The van der Waals surface area contributed by atoms with Crippen molar-refractivity contribution < 1.29 is 14.6 Å². The van der Waals surface area contributed by atoms with Gasteiger partial charge >= 0.3 is 0 Å². The van der Waals surface area contributed by atoms with Gasteiger partial charge < -0.3 is 30.8 Å². The summed E-state index contributed by atoms with van der Waals surface area (Å²) in [5, 5.41) is 25.4. The van der Waals surface area contributed by atoms with Crippen molar-refractivity contribution in [2.75, 3.05) is 38.1 Å². The highest BCUT2D eigenvalue weighted by atomic mass is 16.5. The molecule has 0 aromatic heterocycles. The Balaban J connectivity index is 1.83. The average Bonchev–Trinajstić information content (AvgIpc) is 3.37. The van der Waals surface area contributed by atoms with E-state index in [1.807, 2.05) is 4.90 Å². The molecule has 0 spiro atoms. The first-order valence-electron chi connectivity index (χ1n) is 8.91. The van der Waals surface area contributed by atoms with Crippen LogP contribution in [0.4, 0.5) is 5.69 Å². The fourth-order valence-corrected chi connectivity index (χ4v) is 2.82. The van der Waals surface area contributed by atoms with Crippen LogP contribution in [0.3, 0.4) is 0 Å². The van der Waals surface area contributed by atoms with Gasteiger partial charge in [-0.25, -0.2) is 0 Å². The van der Waals surface area contributed by atoms with Gasteiger partial charge in [0.15, 0.2) is 0 Å². The van der Waals surface area contributed by atoms with Crippen molar-refractivity contribution in [3.8, 4) is 5.75 Å². The number of hydrogen-bond donors (Lipinski definition) is 3. The number of nitrogens with zero attached hydrogens (tertiary/aromatic N) is 2. The maximum atomic E-state index is 12.9. The molecular formula is C19H25N4O3-.